The number of hydrogen-bond donors (Lipinski definition) is 1. The van der Waals surface area contributed by atoms with Crippen molar-refractivity contribution in [2.75, 3.05) is 0 Å². The molecule has 1 heterocycles. The Morgan fingerprint density at radius 1 is 1.33 bits per heavy atom. The standard InChI is InChI=1S/C14H17BrN2O/c1-2-3-14-16-8-9-17(14)10-13(18)11-4-6-12(15)7-5-11/h4-9,13,18H,2-3,10H2,1H3. The molecule has 1 aromatic heterocycles. The van der Waals surface area contributed by atoms with E-state index in [1.807, 2.05) is 35.0 Å². The van der Waals surface area contributed by atoms with Crippen molar-refractivity contribution in [2.24, 2.45) is 0 Å². The molecule has 2 rings (SSSR count). The summed E-state index contributed by atoms with van der Waals surface area (Å²) in [5, 5.41) is 10.2. The lowest BCUT2D eigenvalue weighted by Gasteiger charge is -2.14. The average molecular weight is 309 g/mol. The zero-order valence-corrected chi connectivity index (χ0v) is 12.0. The van der Waals surface area contributed by atoms with Crippen LogP contribution in [0.3, 0.4) is 0 Å². The maximum Gasteiger partial charge on any atom is 0.108 e. The minimum Gasteiger partial charge on any atom is -0.387 e. The summed E-state index contributed by atoms with van der Waals surface area (Å²) in [7, 11) is 0. The van der Waals surface area contributed by atoms with Crippen molar-refractivity contribution in [1.29, 1.82) is 0 Å². The topological polar surface area (TPSA) is 38.0 Å². The Labute approximate surface area is 116 Å². The van der Waals surface area contributed by atoms with E-state index in [0.29, 0.717) is 6.54 Å². The number of imidazole rings is 1. The minimum atomic E-state index is -0.497. The van der Waals surface area contributed by atoms with Crippen molar-refractivity contribution in [1.82, 2.24) is 9.55 Å². The molecule has 0 fully saturated rings. The number of rotatable bonds is 5. The van der Waals surface area contributed by atoms with Crippen LogP contribution < -0.4 is 0 Å². The molecule has 3 nitrogen and oxygen atoms in total. The van der Waals surface area contributed by atoms with Gasteiger partial charge >= 0.3 is 0 Å². The normalized spacial score (nSPS) is 12.6. The van der Waals surface area contributed by atoms with E-state index in [1.165, 1.54) is 0 Å². The molecule has 96 valence electrons. The first kappa shape index (κ1) is 13.3. The first-order chi connectivity index (χ1) is 8.70. The van der Waals surface area contributed by atoms with Crippen LogP contribution in [0.25, 0.3) is 0 Å². The van der Waals surface area contributed by atoms with E-state index in [-0.39, 0.29) is 0 Å². The van der Waals surface area contributed by atoms with Crippen LogP contribution in [0.15, 0.2) is 41.1 Å². The Bertz CT molecular complexity index is 493. The highest BCUT2D eigenvalue weighted by Gasteiger charge is 2.10. The third-order valence-corrected chi connectivity index (χ3v) is 3.43. The summed E-state index contributed by atoms with van der Waals surface area (Å²) in [6, 6.07) is 7.76. The smallest absolute Gasteiger partial charge is 0.108 e. The third-order valence-electron chi connectivity index (χ3n) is 2.90. The number of hydrogen-bond acceptors (Lipinski definition) is 2. The lowest BCUT2D eigenvalue weighted by Crippen LogP contribution is -2.11. The number of aryl methyl sites for hydroxylation is 1. The van der Waals surface area contributed by atoms with Gasteiger partial charge in [0.05, 0.1) is 12.6 Å². The van der Waals surface area contributed by atoms with Gasteiger partial charge in [0, 0.05) is 23.3 Å². The molecule has 0 radical (unpaired) electrons. The van der Waals surface area contributed by atoms with Gasteiger partial charge in [0.15, 0.2) is 0 Å². The van der Waals surface area contributed by atoms with Crippen LogP contribution >= 0.6 is 15.9 Å². The fourth-order valence-corrected chi connectivity index (χ4v) is 2.20. The van der Waals surface area contributed by atoms with Crippen LogP contribution in [0.1, 0.15) is 30.8 Å². The summed E-state index contributed by atoms with van der Waals surface area (Å²) < 4.78 is 3.05. The molecule has 0 aliphatic heterocycles. The predicted octanol–water partition coefficient (Wildman–Crippen LogP) is 3.33. The highest BCUT2D eigenvalue weighted by Crippen LogP contribution is 2.19. The molecule has 0 saturated heterocycles. The van der Waals surface area contributed by atoms with Crippen LogP contribution in [0.2, 0.25) is 0 Å². The van der Waals surface area contributed by atoms with Crippen molar-refractivity contribution in [3.8, 4) is 0 Å². The van der Waals surface area contributed by atoms with E-state index < -0.39 is 6.10 Å². The van der Waals surface area contributed by atoms with Crippen molar-refractivity contribution in [3.63, 3.8) is 0 Å². The molecule has 0 saturated carbocycles. The van der Waals surface area contributed by atoms with Gasteiger partial charge in [-0.1, -0.05) is 35.0 Å². The third kappa shape index (κ3) is 3.21. The molecule has 0 aliphatic rings. The van der Waals surface area contributed by atoms with E-state index in [9.17, 15) is 5.11 Å². The van der Waals surface area contributed by atoms with E-state index in [4.69, 9.17) is 0 Å². The summed E-state index contributed by atoms with van der Waals surface area (Å²) in [4.78, 5) is 4.31. The number of aromatic nitrogens is 2. The monoisotopic (exact) mass is 308 g/mol. The van der Waals surface area contributed by atoms with Gasteiger partial charge < -0.3 is 9.67 Å². The van der Waals surface area contributed by atoms with Gasteiger partial charge in [-0.25, -0.2) is 4.98 Å². The lowest BCUT2D eigenvalue weighted by atomic mass is 10.1. The molecule has 1 N–H and O–H groups in total. The Balaban J connectivity index is 2.08. The van der Waals surface area contributed by atoms with Gasteiger partial charge in [0.1, 0.15) is 5.82 Å². The number of aliphatic hydroxyl groups excluding tert-OH is 1. The molecular weight excluding hydrogens is 292 g/mol. The van der Waals surface area contributed by atoms with Gasteiger partial charge in [-0.15, -0.1) is 0 Å². The van der Waals surface area contributed by atoms with Gasteiger partial charge in [0.25, 0.3) is 0 Å². The molecule has 2 aromatic rings. The molecule has 18 heavy (non-hydrogen) atoms. The zero-order chi connectivity index (χ0) is 13.0. The fraction of sp³-hybridized carbons (Fsp3) is 0.357. The van der Waals surface area contributed by atoms with E-state index in [1.54, 1.807) is 6.20 Å². The van der Waals surface area contributed by atoms with Gasteiger partial charge in [-0.3, -0.25) is 0 Å². The lowest BCUT2D eigenvalue weighted by molar-refractivity contribution is 0.155. The molecule has 0 amide bonds. The summed E-state index contributed by atoms with van der Waals surface area (Å²) in [6.45, 7) is 2.68. The molecule has 4 heteroatoms. The Hall–Kier alpha value is -1.13. The second-order valence-corrected chi connectivity index (χ2v) is 5.23. The number of nitrogens with zero attached hydrogens (tertiary/aromatic N) is 2. The predicted molar refractivity (Wildman–Crippen MR) is 75.3 cm³/mol. The summed E-state index contributed by atoms with van der Waals surface area (Å²) >= 11 is 3.39. The average Bonchev–Trinajstić information content (AvgIpc) is 2.78. The van der Waals surface area contributed by atoms with E-state index in [0.717, 1.165) is 28.7 Å². The van der Waals surface area contributed by atoms with Crippen LogP contribution in [0, 0.1) is 0 Å². The zero-order valence-electron chi connectivity index (χ0n) is 10.4. The molecule has 1 atom stereocenters. The van der Waals surface area contributed by atoms with Crippen LogP contribution in [-0.4, -0.2) is 14.7 Å². The van der Waals surface area contributed by atoms with Crippen LogP contribution in [-0.2, 0) is 13.0 Å². The summed E-state index contributed by atoms with van der Waals surface area (Å²) in [6.07, 6.45) is 5.22. The molecular formula is C14H17BrN2O. The SMILES string of the molecule is CCCc1nccn1CC(O)c1ccc(Br)cc1. The second-order valence-electron chi connectivity index (χ2n) is 4.31. The van der Waals surface area contributed by atoms with Crippen molar-refractivity contribution < 1.29 is 5.11 Å². The van der Waals surface area contributed by atoms with E-state index >= 15 is 0 Å². The Morgan fingerprint density at radius 2 is 2.06 bits per heavy atom. The molecule has 0 aliphatic carbocycles. The summed E-state index contributed by atoms with van der Waals surface area (Å²) in [5.41, 5.74) is 0.925. The van der Waals surface area contributed by atoms with Crippen molar-refractivity contribution in [3.05, 3.63) is 52.5 Å². The molecule has 1 unspecified atom stereocenters. The Morgan fingerprint density at radius 3 is 2.72 bits per heavy atom. The van der Waals surface area contributed by atoms with Crippen molar-refractivity contribution >= 4 is 15.9 Å². The minimum absolute atomic E-state index is 0.497. The maximum atomic E-state index is 10.2. The molecule has 0 spiro atoms. The quantitative estimate of drug-likeness (QED) is 0.920. The highest BCUT2D eigenvalue weighted by molar-refractivity contribution is 9.10. The maximum absolute atomic E-state index is 10.2. The largest absolute Gasteiger partial charge is 0.387 e. The second kappa shape index (κ2) is 6.16. The molecule has 0 bridgehead atoms. The Kier molecular flexibility index (Phi) is 4.55. The first-order valence-electron chi connectivity index (χ1n) is 6.14. The fourth-order valence-electron chi connectivity index (χ4n) is 1.93. The van der Waals surface area contributed by atoms with Crippen LogP contribution in [0.5, 0.6) is 0 Å². The summed E-state index contributed by atoms with van der Waals surface area (Å²) in [5.74, 6) is 1.04. The van der Waals surface area contributed by atoms with Crippen LogP contribution in [0.4, 0.5) is 0 Å². The van der Waals surface area contributed by atoms with E-state index in [2.05, 4.69) is 27.8 Å². The number of halogens is 1. The van der Waals surface area contributed by atoms with Gasteiger partial charge in [-0.2, -0.15) is 0 Å². The van der Waals surface area contributed by atoms with Crippen molar-refractivity contribution in [2.45, 2.75) is 32.4 Å². The number of aliphatic hydroxyl groups is 1. The highest BCUT2D eigenvalue weighted by atomic mass is 79.9. The van der Waals surface area contributed by atoms with Gasteiger partial charge in [0.2, 0.25) is 0 Å². The number of benzene rings is 1. The first-order valence-corrected chi connectivity index (χ1v) is 6.93. The van der Waals surface area contributed by atoms with Gasteiger partial charge in [-0.05, 0) is 24.1 Å². The molecule has 1 aromatic carbocycles.